The number of aromatic nitrogens is 4. The fourth-order valence-corrected chi connectivity index (χ4v) is 3.26. The van der Waals surface area contributed by atoms with Crippen LogP contribution >= 0.6 is 0 Å². The van der Waals surface area contributed by atoms with Gasteiger partial charge in [0.05, 0.1) is 24.1 Å². The highest BCUT2D eigenvalue weighted by Crippen LogP contribution is 2.29. The lowest BCUT2D eigenvalue weighted by atomic mass is 10.1. The van der Waals surface area contributed by atoms with Gasteiger partial charge in [0.2, 0.25) is 5.89 Å². The summed E-state index contributed by atoms with van der Waals surface area (Å²) in [5.41, 5.74) is 1.92. The minimum Gasteiger partial charge on any atom is -0.494 e. The number of aryl methyl sites for hydroxylation is 3. The molecule has 0 saturated carbocycles. The van der Waals surface area contributed by atoms with E-state index >= 15 is 0 Å². The Morgan fingerprint density at radius 3 is 2.47 bits per heavy atom. The standard InChI is InChI=1S/C25H23F3N4O2/c26-25(27,28)21-8-2-19(3-9-21)7-13-24-30-22(18-34-24)10-4-20-5-11-23(12-6-20)33-17-1-15-32-16-14-29-31-32/h2-3,5-9,11-14,16,18H,1,4,10,15,17H2/b13-7+. The van der Waals surface area contributed by atoms with Gasteiger partial charge < -0.3 is 9.15 Å². The molecule has 0 saturated heterocycles. The topological polar surface area (TPSA) is 66.0 Å². The molecule has 6 nitrogen and oxygen atoms in total. The van der Waals surface area contributed by atoms with Gasteiger partial charge in [-0.05, 0) is 54.3 Å². The average Bonchev–Trinajstić information content (AvgIpc) is 3.52. The maximum Gasteiger partial charge on any atom is 0.416 e. The fraction of sp³-hybridized carbons (Fsp3) is 0.240. The van der Waals surface area contributed by atoms with Gasteiger partial charge in [0.15, 0.2) is 0 Å². The molecule has 0 spiro atoms. The van der Waals surface area contributed by atoms with E-state index in [0.29, 0.717) is 24.5 Å². The molecule has 0 aliphatic heterocycles. The maximum absolute atomic E-state index is 12.6. The molecule has 0 aliphatic rings. The van der Waals surface area contributed by atoms with E-state index in [1.54, 1.807) is 29.3 Å². The first-order valence-electron chi connectivity index (χ1n) is 10.8. The van der Waals surface area contributed by atoms with E-state index < -0.39 is 11.7 Å². The average molecular weight is 468 g/mol. The molecule has 0 amide bonds. The van der Waals surface area contributed by atoms with Gasteiger partial charge in [-0.3, -0.25) is 4.68 Å². The maximum atomic E-state index is 12.6. The van der Waals surface area contributed by atoms with Gasteiger partial charge in [0.25, 0.3) is 0 Å². The van der Waals surface area contributed by atoms with Crippen LogP contribution in [0.3, 0.4) is 0 Å². The number of alkyl halides is 3. The van der Waals surface area contributed by atoms with Crippen LogP contribution in [0.5, 0.6) is 5.75 Å². The summed E-state index contributed by atoms with van der Waals surface area (Å²) in [6.45, 7) is 1.36. The fourth-order valence-electron chi connectivity index (χ4n) is 3.26. The van der Waals surface area contributed by atoms with E-state index in [2.05, 4.69) is 15.3 Å². The van der Waals surface area contributed by atoms with E-state index in [9.17, 15) is 13.2 Å². The Hall–Kier alpha value is -3.88. The van der Waals surface area contributed by atoms with Gasteiger partial charge in [-0.25, -0.2) is 4.98 Å². The van der Waals surface area contributed by atoms with Crippen LogP contribution in [0.15, 0.2) is 71.6 Å². The minimum atomic E-state index is -4.34. The van der Waals surface area contributed by atoms with Crippen molar-refractivity contribution in [2.75, 3.05) is 6.61 Å². The third-order valence-corrected chi connectivity index (χ3v) is 5.09. The third-order valence-electron chi connectivity index (χ3n) is 5.09. The summed E-state index contributed by atoms with van der Waals surface area (Å²) in [5.74, 6) is 1.23. The van der Waals surface area contributed by atoms with E-state index in [1.165, 1.54) is 12.1 Å². The molecule has 0 atom stereocenters. The minimum absolute atomic E-state index is 0.407. The molecule has 0 bridgehead atoms. The smallest absolute Gasteiger partial charge is 0.416 e. The van der Waals surface area contributed by atoms with E-state index in [1.807, 2.05) is 30.5 Å². The molecule has 2 aromatic heterocycles. The zero-order valence-corrected chi connectivity index (χ0v) is 18.3. The Kier molecular flexibility index (Phi) is 7.41. The quantitative estimate of drug-likeness (QED) is 0.279. The van der Waals surface area contributed by atoms with Crippen molar-refractivity contribution in [3.8, 4) is 5.75 Å². The Balaban J connectivity index is 1.21. The highest BCUT2D eigenvalue weighted by atomic mass is 19.4. The van der Waals surface area contributed by atoms with E-state index in [0.717, 1.165) is 48.5 Å². The van der Waals surface area contributed by atoms with Gasteiger partial charge in [0.1, 0.15) is 12.0 Å². The zero-order valence-electron chi connectivity index (χ0n) is 18.3. The largest absolute Gasteiger partial charge is 0.494 e. The van der Waals surface area contributed by atoms with Crippen molar-refractivity contribution < 1.29 is 22.3 Å². The van der Waals surface area contributed by atoms with Crippen molar-refractivity contribution >= 4 is 12.2 Å². The summed E-state index contributed by atoms with van der Waals surface area (Å²) in [7, 11) is 0. The molecular weight excluding hydrogens is 445 g/mol. The van der Waals surface area contributed by atoms with Crippen molar-refractivity contribution in [2.45, 2.75) is 32.0 Å². The molecule has 0 N–H and O–H groups in total. The predicted octanol–water partition coefficient (Wildman–Crippen LogP) is 5.71. The molecule has 176 valence electrons. The van der Waals surface area contributed by atoms with Crippen molar-refractivity contribution in [3.05, 3.63) is 95.5 Å². The first kappa shape index (κ1) is 23.3. The molecule has 0 aliphatic carbocycles. The van der Waals surface area contributed by atoms with Gasteiger partial charge in [0, 0.05) is 25.2 Å². The first-order valence-corrected chi connectivity index (χ1v) is 10.8. The molecule has 0 unspecified atom stereocenters. The normalized spacial score (nSPS) is 11.9. The number of benzene rings is 2. The Morgan fingerprint density at radius 1 is 0.971 bits per heavy atom. The number of ether oxygens (including phenoxy) is 1. The molecule has 0 radical (unpaired) electrons. The summed E-state index contributed by atoms with van der Waals surface area (Å²) in [4.78, 5) is 4.42. The Morgan fingerprint density at radius 2 is 1.76 bits per heavy atom. The SMILES string of the molecule is FC(F)(F)c1ccc(/C=C/c2nc(CCc3ccc(OCCCn4ccnn4)cc3)co2)cc1. The number of oxazole rings is 1. The number of rotatable bonds is 10. The predicted molar refractivity (Wildman–Crippen MR) is 121 cm³/mol. The van der Waals surface area contributed by atoms with Crippen LogP contribution in [0.2, 0.25) is 0 Å². The summed E-state index contributed by atoms with van der Waals surface area (Å²) in [6, 6.07) is 12.9. The summed E-state index contributed by atoms with van der Waals surface area (Å²) >= 11 is 0. The van der Waals surface area contributed by atoms with Gasteiger partial charge in [-0.15, -0.1) is 5.10 Å². The van der Waals surface area contributed by atoms with Gasteiger partial charge in [-0.1, -0.05) is 29.5 Å². The highest BCUT2D eigenvalue weighted by molar-refractivity contribution is 5.66. The highest BCUT2D eigenvalue weighted by Gasteiger charge is 2.29. The van der Waals surface area contributed by atoms with Gasteiger partial charge in [-0.2, -0.15) is 13.2 Å². The van der Waals surface area contributed by atoms with Crippen LogP contribution in [0.4, 0.5) is 13.2 Å². The summed E-state index contributed by atoms with van der Waals surface area (Å²) < 4.78 is 50.9. The molecular formula is C25H23F3N4O2. The van der Waals surface area contributed by atoms with Crippen LogP contribution in [0, 0.1) is 0 Å². The Labute approximate surface area is 194 Å². The lowest BCUT2D eigenvalue weighted by Gasteiger charge is -2.07. The number of hydrogen-bond donors (Lipinski definition) is 0. The van der Waals surface area contributed by atoms with Crippen LogP contribution in [0.1, 0.15) is 34.7 Å². The van der Waals surface area contributed by atoms with Crippen molar-refractivity contribution in [3.63, 3.8) is 0 Å². The second-order valence-corrected chi connectivity index (χ2v) is 7.64. The summed E-state index contributed by atoms with van der Waals surface area (Å²) in [6.07, 6.45) is 6.37. The van der Waals surface area contributed by atoms with E-state index in [-0.39, 0.29) is 0 Å². The lowest BCUT2D eigenvalue weighted by molar-refractivity contribution is -0.137. The monoisotopic (exact) mass is 468 g/mol. The van der Waals surface area contributed by atoms with Crippen LogP contribution in [0.25, 0.3) is 12.2 Å². The lowest BCUT2D eigenvalue weighted by Crippen LogP contribution is -2.05. The number of nitrogens with zero attached hydrogens (tertiary/aromatic N) is 4. The Bertz CT molecular complexity index is 1180. The molecule has 2 aromatic carbocycles. The molecule has 4 aromatic rings. The molecule has 0 fully saturated rings. The van der Waals surface area contributed by atoms with Crippen LogP contribution in [-0.4, -0.2) is 26.6 Å². The van der Waals surface area contributed by atoms with Crippen LogP contribution in [-0.2, 0) is 25.6 Å². The first-order chi connectivity index (χ1) is 16.5. The molecule has 4 rings (SSSR count). The van der Waals surface area contributed by atoms with Gasteiger partial charge >= 0.3 is 6.18 Å². The molecule has 34 heavy (non-hydrogen) atoms. The van der Waals surface area contributed by atoms with Crippen molar-refractivity contribution in [1.29, 1.82) is 0 Å². The molecule has 2 heterocycles. The third kappa shape index (κ3) is 6.81. The second-order valence-electron chi connectivity index (χ2n) is 7.64. The van der Waals surface area contributed by atoms with Crippen LogP contribution < -0.4 is 4.74 Å². The number of hydrogen-bond acceptors (Lipinski definition) is 5. The van der Waals surface area contributed by atoms with Crippen molar-refractivity contribution in [2.24, 2.45) is 0 Å². The van der Waals surface area contributed by atoms with Crippen molar-refractivity contribution in [1.82, 2.24) is 20.0 Å². The summed E-state index contributed by atoms with van der Waals surface area (Å²) in [5, 5.41) is 7.68. The second kappa shape index (κ2) is 10.8. The number of halogens is 3. The molecule has 9 heteroatoms. The van der Waals surface area contributed by atoms with E-state index in [4.69, 9.17) is 9.15 Å². The zero-order chi connectivity index (χ0) is 23.8.